The Labute approximate surface area is 95.1 Å². The van der Waals surface area contributed by atoms with Crippen molar-refractivity contribution in [3.8, 4) is 0 Å². The molecular formula is C14H25N. The molecule has 0 fully saturated rings. The van der Waals surface area contributed by atoms with Gasteiger partial charge in [0.1, 0.15) is 0 Å². The van der Waals surface area contributed by atoms with Gasteiger partial charge in [-0.1, -0.05) is 39.0 Å². The van der Waals surface area contributed by atoms with Crippen LogP contribution >= 0.6 is 0 Å². The van der Waals surface area contributed by atoms with Crippen molar-refractivity contribution in [3.05, 3.63) is 29.8 Å². The van der Waals surface area contributed by atoms with E-state index < -0.39 is 0 Å². The molecule has 0 aromatic heterocycles. The molecule has 0 amide bonds. The maximum absolute atomic E-state index is 2.43. The first-order valence-electron chi connectivity index (χ1n) is 6.10. The predicted octanol–water partition coefficient (Wildman–Crippen LogP) is 4.26. The molecule has 1 aromatic rings. The summed E-state index contributed by atoms with van der Waals surface area (Å²) in [6, 6.07) is 8.58. The summed E-state index contributed by atoms with van der Waals surface area (Å²) in [5.74, 6) is 0. The third-order valence-electron chi connectivity index (χ3n) is 2.33. The second-order valence-corrected chi connectivity index (χ2v) is 3.37. The second kappa shape index (κ2) is 8.34. The summed E-state index contributed by atoms with van der Waals surface area (Å²) in [4.78, 5) is 2.43. The highest BCUT2D eigenvalue weighted by Crippen LogP contribution is 2.18. The number of rotatable bonds is 4. The first-order chi connectivity index (χ1) is 7.29. The van der Waals surface area contributed by atoms with Crippen LogP contribution in [0, 0.1) is 6.92 Å². The van der Waals surface area contributed by atoms with Gasteiger partial charge in [0.25, 0.3) is 0 Å². The smallest absolute Gasteiger partial charge is 0.0395 e. The van der Waals surface area contributed by atoms with Gasteiger partial charge in [-0.15, -0.1) is 0 Å². The van der Waals surface area contributed by atoms with E-state index >= 15 is 0 Å². The lowest BCUT2D eigenvalue weighted by molar-refractivity contribution is 0.789. The SMILES string of the molecule is CC.CCCN(CC)c1ccccc1C. The van der Waals surface area contributed by atoms with E-state index in [4.69, 9.17) is 0 Å². The van der Waals surface area contributed by atoms with Crippen LogP contribution < -0.4 is 4.90 Å². The molecule has 1 aromatic carbocycles. The summed E-state index contributed by atoms with van der Waals surface area (Å²) < 4.78 is 0. The quantitative estimate of drug-likeness (QED) is 0.713. The lowest BCUT2D eigenvalue weighted by Crippen LogP contribution is -2.24. The summed E-state index contributed by atoms with van der Waals surface area (Å²) in [5.41, 5.74) is 2.75. The molecule has 0 saturated carbocycles. The van der Waals surface area contributed by atoms with Crippen LogP contribution in [0.2, 0.25) is 0 Å². The van der Waals surface area contributed by atoms with Crippen molar-refractivity contribution in [3.63, 3.8) is 0 Å². The molecule has 0 radical (unpaired) electrons. The summed E-state index contributed by atoms with van der Waals surface area (Å²) in [5, 5.41) is 0. The Morgan fingerprint density at radius 2 is 1.67 bits per heavy atom. The minimum atomic E-state index is 1.10. The van der Waals surface area contributed by atoms with E-state index in [0.717, 1.165) is 13.1 Å². The van der Waals surface area contributed by atoms with Crippen LogP contribution in [0.15, 0.2) is 24.3 Å². The molecule has 0 heterocycles. The highest BCUT2D eigenvalue weighted by molar-refractivity contribution is 5.52. The first-order valence-corrected chi connectivity index (χ1v) is 6.10. The van der Waals surface area contributed by atoms with Gasteiger partial charge < -0.3 is 4.90 Å². The van der Waals surface area contributed by atoms with Crippen LogP contribution in [0.3, 0.4) is 0 Å². The van der Waals surface area contributed by atoms with Gasteiger partial charge in [0.2, 0.25) is 0 Å². The van der Waals surface area contributed by atoms with Crippen molar-refractivity contribution in [2.75, 3.05) is 18.0 Å². The molecule has 0 aliphatic carbocycles. The molecule has 0 spiro atoms. The number of aryl methyl sites for hydroxylation is 1. The molecule has 0 unspecified atom stereocenters. The van der Waals surface area contributed by atoms with Gasteiger partial charge in [-0.2, -0.15) is 0 Å². The van der Waals surface area contributed by atoms with Crippen molar-refractivity contribution in [1.82, 2.24) is 0 Å². The lowest BCUT2D eigenvalue weighted by atomic mass is 10.2. The fraction of sp³-hybridized carbons (Fsp3) is 0.571. The van der Waals surface area contributed by atoms with Gasteiger partial charge in [0, 0.05) is 18.8 Å². The van der Waals surface area contributed by atoms with E-state index in [1.165, 1.54) is 17.7 Å². The van der Waals surface area contributed by atoms with Crippen molar-refractivity contribution >= 4 is 5.69 Å². The Kier molecular flexibility index (Phi) is 7.79. The molecule has 0 N–H and O–H groups in total. The molecule has 1 rings (SSSR count). The van der Waals surface area contributed by atoms with Gasteiger partial charge in [0.15, 0.2) is 0 Å². The summed E-state index contributed by atoms with van der Waals surface area (Å²) >= 11 is 0. The van der Waals surface area contributed by atoms with Gasteiger partial charge in [-0.25, -0.2) is 0 Å². The van der Waals surface area contributed by atoms with Crippen LogP contribution in [-0.4, -0.2) is 13.1 Å². The molecule has 0 aliphatic rings. The van der Waals surface area contributed by atoms with Gasteiger partial charge in [-0.3, -0.25) is 0 Å². The van der Waals surface area contributed by atoms with E-state index in [1.807, 2.05) is 13.8 Å². The minimum Gasteiger partial charge on any atom is -0.372 e. The van der Waals surface area contributed by atoms with Gasteiger partial charge in [0.05, 0.1) is 0 Å². The molecule has 0 saturated heterocycles. The van der Waals surface area contributed by atoms with Crippen LogP contribution in [0.5, 0.6) is 0 Å². The third-order valence-corrected chi connectivity index (χ3v) is 2.33. The summed E-state index contributed by atoms with van der Waals surface area (Å²) in [6.45, 7) is 12.9. The van der Waals surface area contributed by atoms with Crippen molar-refractivity contribution in [1.29, 1.82) is 0 Å². The Morgan fingerprint density at radius 1 is 1.07 bits per heavy atom. The molecule has 0 bridgehead atoms. The fourth-order valence-electron chi connectivity index (χ4n) is 1.64. The fourth-order valence-corrected chi connectivity index (χ4v) is 1.64. The Morgan fingerprint density at radius 3 is 2.13 bits per heavy atom. The number of para-hydroxylation sites is 1. The van der Waals surface area contributed by atoms with Crippen molar-refractivity contribution in [2.24, 2.45) is 0 Å². The van der Waals surface area contributed by atoms with Crippen LogP contribution in [0.4, 0.5) is 5.69 Å². The van der Waals surface area contributed by atoms with E-state index in [2.05, 4.69) is 49.9 Å². The number of hydrogen-bond acceptors (Lipinski definition) is 1. The predicted molar refractivity (Wildman–Crippen MR) is 70.7 cm³/mol. The Balaban J connectivity index is 0.000000921. The summed E-state index contributed by atoms with van der Waals surface area (Å²) in [6.07, 6.45) is 1.21. The van der Waals surface area contributed by atoms with Gasteiger partial charge in [-0.05, 0) is 31.9 Å². The Hall–Kier alpha value is -0.980. The van der Waals surface area contributed by atoms with Crippen LogP contribution in [0.25, 0.3) is 0 Å². The standard InChI is InChI=1S/C12H19N.C2H6/c1-4-10-13(5-2)12-9-7-6-8-11(12)3;1-2/h6-9H,4-5,10H2,1-3H3;1-2H3. The average molecular weight is 207 g/mol. The monoisotopic (exact) mass is 207 g/mol. The van der Waals surface area contributed by atoms with Gasteiger partial charge >= 0.3 is 0 Å². The Bertz CT molecular complexity index is 255. The van der Waals surface area contributed by atoms with E-state index in [9.17, 15) is 0 Å². The van der Waals surface area contributed by atoms with Crippen LogP contribution in [0.1, 0.15) is 39.7 Å². The maximum atomic E-state index is 2.43. The van der Waals surface area contributed by atoms with Crippen molar-refractivity contribution < 1.29 is 0 Å². The zero-order valence-corrected chi connectivity index (χ0v) is 10.9. The number of hydrogen-bond donors (Lipinski definition) is 0. The normalized spacial score (nSPS) is 9.13. The zero-order chi connectivity index (χ0) is 11.7. The number of nitrogens with zero attached hydrogens (tertiary/aromatic N) is 1. The number of anilines is 1. The van der Waals surface area contributed by atoms with Crippen molar-refractivity contribution in [2.45, 2.75) is 41.0 Å². The van der Waals surface area contributed by atoms with E-state index in [0.29, 0.717) is 0 Å². The molecular weight excluding hydrogens is 182 g/mol. The molecule has 1 heteroatoms. The topological polar surface area (TPSA) is 3.24 Å². The second-order valence-electron chi connectivity index (χ2n) is 3.37. The van der Waals surface area contributed by atoms with E-state index in [-0.39, 0.29) is 0 Å². The molecule has 0 aliphatic heterocycles. The summed E-state index contributed by atoms with van der Waals surface area (Å²) in [7, 11) is 0. The van der Waals surface area contributed by atoms with E-state index in [1.54, 1.807) is 0 Å². The highest BCUT2D eigenvalue weighted by atomic mass is 15.1. The molecule has 1 nitrogen and oxygen atoms in total. The third kappa shape index (κ3) is 4.37. The highest BCUT2D eigenvalue weighted by Gasteiger charge is 2.04. The minimum absolute atomic E-state index is 1.10. The molecule has 0 atom stereocenters. The lowest BCUT2D eigenvalue weighted by Gasteiger charge is -2.24. The maximum Gasteiger partial charge on any atom is 0.0395 e. The van der Waals surface area contributed by atoms with Crippen LogP contribution in [-0.2, 0) is 0 Å². The largest absolute Gasteiger partial charge is 0.372 e. The average Bonchev–Trinajstić information content (AvgIpc) is 2.30. The number of benzene rings is 1. The molecule has 15 heavy (non-hydrogen) atoms. The zero-order valence-electron chi connectivity index (χ0n) is 10.9. The first kappa shape index (κ1) is 14.0. The molecule has 86 valence electrons.